The van der Waals surface area contributed by atoms with Crippen LogP contribution in [0.15, 0.2) is 30.6 Å². The van der Waals surface area contributed by atoms with Gasteiger partial charge >= 0.3 is 6.03 Å². The lowest BCUT2D eigenvalue weighted by Crippen LogP contribution is -2.24. The first-order valence-electron chi connectivity index (χ1n) is 11.7. The molecule has 12 heteroatoms. The van der Waals surface area contributed by atoms with Gasteiger partial charge in [-0.3, -0.25) is 10.00 Å². The first kappa shape index (κ1) is 21.8. The van der Waals surface area contributed by atoms with E-state index >= 15 is 0 Å². The Morgan fingerprint density at radius 2 is 2.08 bits per heavy atom. The average molecular weight is 485 g/mol. The predicted molar refractivity (Wildman–Crippen MR) is 131 cm³/mol. The van der Waals surface area contributed by atoms with Crippen LogP contribution in [0, 0.1) is 11.3 Å². The molecule has 6 rings (SSSR count). The van der Waals surface area contributed by atoms with Gasteiger partial charge in [0.25, 0.3) is 0 Å². The second-order valence-electron chi connectivity index (χ2n) is 9.11. The number of nitrogens with one attached hydrogen (secondary N) is 3. The number of nitrogens with zero attached hydrogens (tertiary/aromatic N) is 7. The number of pyridine rings is 2. The van der Waals surface area contributed by atoms with Crippen molar-refractivity contribution in [1.29, 1.82) is 5.26 Å². The highest BCUT2D eigenvalue weighted by Gasteiger charge is 2.48. The number of fused-ring (bicyclic) bond motifs is 3. The summed E-state index contributed by atoms with van der Waals surface area (Å²) in [6.45, 7) is 0.928. The molecule has 1 aliphatic carbocycles. The fourth-order valence-electron chi connectivity index (χ4n) is 4.84. The van der Waals surface area contributed by atoms with E-state index in [1.165, 1.54) is 44.4 Å². The lowest BCUT2D eigenvalue weighted by Gasteiger charge is -2.22. The maximum Gasteiger partial charge on any atom is 0.320 e. The molecule has 1 aliphatic heterocycles. The number of aryl methyl sites for hydroxylation is 2. The van der Waals surface area contributed by atoms with Gasteiger partial charge < -0.3 is 19.9 Å². The number of carbonyl (C=O) groups is 1. The Bertz CT molecular complexity index is 1540. The van der Waals surface area contributed by atoms with E-state index < -0.39 is 6.03 Å². The molecule has 2 aliphatic rings. The van der Waals surface area contributed by atoms with Crippen LogP contribution in [0.5, 0.6) is 11.5 Å². The summed E-state index contributed by atoms with van der Waals surface area (Å²) >= 11 is 0. The Morgan fingerprint density at radius 1 is 1.22 bits per heavy atom. The lowest BCUT2D eigenvalue weighted by atomic mass is 9.93. The second kappa shape index (κ2) is 8.23. The van der Waals surface area contributed by atoms with E-state index in [1.807, 2.05) is 7.05 Å². The van der Waals surface area contributed by atoms with Crippen LogP contribution in [0.25, 0.3) is 11.2 Å². The van der Waals surface area contributed by atoms with Crippen molar-refractivity contribution in [1.82, 2.24) is 34.6 Å². The van der Waals surface area contributed by atoms with E-state index in [1.54, 1.807) is 16.7 Å². The summed E-state index contributed by atoms with van der Waals surface area (Å²) in [6, 6.07) is 7.13. The number of anilines is 3. The largest absolute Gasteiger partial charge is 0.454 e. The number of hydrogen-bond donors (Lipinski definition) is 3. The molecule has 4 aromatic heterocycles. The molecule has 182 valence electrons. The number of imidazole rings is 1. The Morgan fingerprint density at radius 3 is 2.86 bits per heavy atom. The standard InChI is InChI=1S/C24H24N10O2/c1-26-23(35)30-18-10-14(4-8-27-18)36-16-13-28-21-20(15(16)12-25)33(2)22(31-21)29-19-11-17-24(6-7-24)5-3-9-34(17)32-19/h4,8,10-11,13H,3,5-7,9H2,1-2H3,(H2,26,27,30,35)(H,28,29,31,32). The highest BCUT2D eigenvalue weighted by molar-refractivity contribution is 5.88. The molecule has 36 heavy (non-hydrogen) atoms. The number of rotatable bonds is 5. The fourth-order valence-corrected chi connectivity index (χ4v) is 4.84. The van der Waals surface area contributed by atoms with Gasteiger partial charge in [-0.1, -0.05) is 0 Å². The third-order valence-electron chi connectivity index (χ3n) is 6.85. The summed E-state index contributed by atoms with van der Waals surface area (Å²) in [5.41, 5.74) is 2.86. The van der Waals surface area contributed by atoms with Gasteiger partial charge in [0.05, 0.1) is 6.20 Å². The zero-order valence-electron chi connectivity index (χ0n) is 19.9. The lowest BCUT2D eigenvalue weighted by molar-refractivity contribution is 0.254. The molecule has 2 amide bonds. The number of carbonyl (C=O) groups excluding carboxylic acids is 1. The van der Waals surface area contributed by atoms with Gasteiger partial charge in [0.2, 0.25) is 5.95 Å². The van der Waals surface area contributed by atoms with Crippen molar-refractivity contribution >= 4 is 34.8 Å². The maximum atomic E-state index is 11.6. The molecule has 0 bridgehead atoms. The van der Waals surface area contributed by atoms with Crippen LogP contribution >= 0.6 is 0 Å². The number of urea groups is 1. The second-order valence-corrected chi connectivity index (χ2v) is 9.11. The Hall–Kier alpha value is -4.66. The van der Waals surface area contributed by atoms with Gasteiger partial charge in [0, 0.05) is 50.1 Å². The molecule has 0 radical (unpaired) electrons. The van der Waals surface area contributed by atoms with E-state index in [4.69, 9.17) is 9.84 Å². The summed E-state index contributed by atoms with van der Waals surface area (Å²) in [4.78, 5) is 24.7. The highest BCUT2D eigenvalue weighted by Crippen LogP contribution is 2.54. The summed E-state index contributed by atoms with van der Waals surface area (Å²) in [5.74, 6) is 2.24. The number of hydrogen-bond acceptors (Lipinski definition) is 8. The molecule has 1 saturated carbocycles. The van der Waals surface area contributed by atoms with Crippen LogP contribution in [0.4, 0.5) is 22.4 Å². The molecule has 0 aromatic carbocycles. The third-order valence-corrected chi connectivity index (χ3v) is 6.85. The van der Waals surface area contributed by atoms with E-state index in [0.29, 0.717) is 39.7 Å². The topological polar surface area (TPSA) is 148 Å². The number of amides is 2. The molecule has 0 atom stereocenters. The molecule has 5 heterocycles. The van der Waals surface area contributed by atoms with Crippen molar-refractivity contribution in [3.63, 3.8) is 0 Å². The summed E-state index contributed by atoms with van der Waals surface area (Å²) in [7, 11) is 3.33. The Kier molecular flexibility index (Phi) is 4.99. The van der Waals surface area contributed by atoms with Gasteiger partial charge in [0.1, 0.15) is 28.7 Å². The minimum Gasteiger partial charge on any atom is -0.454 e. The monoisotopic (exact) mass is 484 g/mol. The average Bonchev–Trinajstić information content (AvgIpc) is 3.40. The SMILES string of the molecule is CNC(=O)Nc1cc(Oc2cnc3nc(Nc4cc5n(n4)CCCC54CC4)n(C)c3c2C#N)ccn1. The van der Waals surface area contributed by atoms with Gasteiger partial charge in [0.15, 0.2) is 17.2 Å². The first-order valence-corrected chi connectivity index (χ1v) is 11.7. The van der Waals surface area contributed by atoms with Crippen molar-refractivity contribution < 1.29 is 9.53 Å². The molecule has 0 unspecified atom stereocenters. The molecular weight excluding hydrogens is 460 g/mol. The number of nitriles is 1. The van der Waals surface area contributed by atoms with E-state index in [2.05, 4.69) is 47.7 Å². The summed E-state index contributed by atoms with van der Waals surface area (Å²) < 4.78 is 9.85. The summed E-state index contributed by atoms with van der Waals surface area (Å²) in [6.07, 6.45) is 7.80. The zero-order chi connectivity index (χ0) is 24.9. The minimum atomic E-state index is -0.402. The van der Waals surface area contributed by atoms with E-state index in [0.717, 1.165) is 18.8 Å². The van der Waals surface area contributed by atoms with Crippen LogP contribution in [0.2, 0.25) is 0 Å². The van der Waals surface area contributed by atoms with Crippen LogP contribution in [-0.4, -0.2) is 42.4 Å². The number of aromatic nitrogens is 6. The third kappa shape index (κ3) is 3.65. The molecule has 3 N–H and O–H groups in total. The quantitative estimate of drug-likeness (QED) is 0.390. The minimum absolute atomic E-state index is 0.268. The summed E-state index contributed by atoms with van der Waals surface area (Å²) in [5, 5.41) is 23.1. The Labute approximate surface area is 206 Å². The van der Waals surface area contributed by atoms with Gasteiger partial charge in [-0.05, 0) is 31.7 Å². The molecule has 1 spiro atoms. The van der Waals surface area contributed by atoms with Crippen molar-refractivity contribution in [2.75, 3.05) is 17.7 Å². The fraction of sp³-hybridized carbons (Fsp3) is 0.333. The molecular formula is C24H24N10O2. The first-order chi connectivity index (χ1) is 17.5. The van der Waals surface area contributed by atoms with Crippen LogP contribution in [0.1, 0.15) is 36.9 Å². The van der Waals surface area contributed by atoms with Gasteiger partial charge in [-0.2, -0.15) is 15.3 Å². The molecule has 1 fully saturated rings. The molecule has 12 nitrogen and oxygen atoms in total. The van der Waals surface area contributed by atoms with Crippen LogP contribution < -0.4 is 20.7 Å². The van der Waals surface area contributed by atoms with E-state index in [9.17, 15) is 10.1 Å². The number of ether oxygens (including phenoxy) is 1. The molecule has 4 aromatic rings. The van der Waals surface area contributed by atoms with Gasteiger partial charge in [-0.25, -0.2) is 14.8 Å². The van der Waals surface area contributed by atoms with E-state index in [-0.39, 0.29) is 5.75 Å². The predicted octanol–water partition coefficient (Wildman–Crippen LogP) is 3.54. The van der Waals surface area contributed by atoms with Crippen LogP contribution in [0.3, 0.4) is 0 Å². The van der Waals surface area contributed by atoms with Crippen molar-refractivity contribution in [2.24, 2.45) is 7.05 Å². The zero-order valence-corrected chi connectivity index (χ0v) is 19.9. The maximum absolute atomic E-state index is 11.6. The normalized spacial score (nSPS) is 15.2. The van der Waals surface area contributed by atoms with Crippen molar-refractivity contribution in [3.8, 4) is 17.6 Å². The van der Waals surface area contributed by atoms with Crippen molar-refractivity contribution in [3.05, 3.63) is 41.9 Å². The molecule has 0 saturated heterocycles. The van der Waals surface area contributed by atoms with Crippen molar-refractivity contribution in [2.45, 2.75) is 37.6 Å². The van der Waals surface area contributed by atoms with Crippen LogP contribution in [-0.2, 0) is 19.0 Å². The highest BCUT2D eigenvalue weighted by atomic mass is 16.5. The smallest absolute Gasteiger partial charge is 0.320 e. The van der Waals surface area contributed by atoms with Gasteiger partial charge in [-0.15, -0.1) is 0 Å². The Balaban J connectivity index is 1.30.